The van der Waals surface area contributed by atoms with Crippen molar-refractivity contribution >= 4 is 28.3 Å². The molecule has 132 valence electrons. The van der Waals surface area contributed by atoms with E-state index in [4.69, 9.17) is 0 Å². The minimum Gasteiger partial charge on any atom is -0.347 e. The molecule has 2 amide bonds. The summed E-state index contributed by atoms with van der Waals surface area (Å²) in [5.74, 6) is -0.224. The van der Waals surface area contributed by atoms with E-state index in [2.05, 4.69) is 16.5 Å². The van der Waals surface area contributed by atoms with Crippen LogP contribution >= 0.6 is 0 Å². The van der Waals surface area contributed by atoms with Crippen LogP contribution in [0.4, 0.5) is 5.69 Å². The average Bonchev–Trinajstić information content (AvgIpc) is 3.23. The van der Waals surface area contributed by atoms with Crippen molar-refractivity contribution in [2.45, 2.75) is 19.4 Å². The van der Waals surface area contributed by atoms with Crippen molar-refractivity contribution in [1.82, 2.24) is 14.7 Å². The molecule has 4 rings (SSSR count). The van der Waals surface area contributed by atoms with Gasteiger partial charge in [0.15, 0.2) is 0 Å². The van der Waals surface area contributed by atoms with Crippen LogP contribution in [0.5, 0.6) is 0 Å². The lowest BCUT2D eigenvalue weighted by Gasteiger charge is -2.10. The van der Waals surface area contributed by atoms with E-state index in [1.54, 1.807) is 26.5 Å². The number of nitrogens with one attached hydrogen (secondary N) is 1. The summed E-state index contributed by atoms with van der Waals surface area (Å²) in [6.07, 6.45) is 5.29. The normalized spacial score (nSPS) is 12.4. The average molecular weight is 348 g/mol. The lowest BCUT2D eigenvalue weighted by molar-refractivity contribution is -0.129. The monoisotopic (exact) mass is 348 g/mol. The number of rotatable bonds is 4. The van der Waals surface area contributed by atoms with Crippen molar-refractivity contribution in [2.75, 3.05) is 19.4 Å². The summed E-state index contributed by atoms with van der Waals surface area (Å²) < 4.78 is 1.52. The number of hydrogen-bond donors (Lipinski definition) is 1. The van der Waals surface area contributed by atoms with Gasteiger partial charge in [0.1, 0.15) is 6.54 Å². The van der Waals surface area contributed by atoms with Crippen molar-refractivity contribution in [2.24, 2.45) is 0 Å². The molecule has 0 fully saturated rings. The molecular formula is C20H20N4O2. The molecule has 3 aromatic rings. The lowest BCUT2D eigenvalue weighted by Crippen LogP contribution is -2.26. The van der Waals surface area contributed by atoms with Crippen molar-refractivity contribution in [3.8, 4) is 0 Å². The van der Waals surface area contributed by atoms with Gasteiger partial charge in [-0.15, -0.1) is 0 Å². The van der Waals surface area contributed by atoms with Crippen LogP contribution in [0.1, 0.15) is 21.5 Å². The summed E-state index contributed by atoms with van der Waals surface area (Å²) in [7, 11) is 3.40. The van der Waals surface area contributed by atoms with Gasteiger partial charge in [-0.25, -0.2) is 0 Å². The summed E-state index contributed by atoms with van der Waals surface area (Å²) >= 11 is 0. The number of nitrogens with zero attached hydrogens (tertiary/aromatic N) is 3. The zero-order chi connectivity index (χ0) is 18.3. The maximum atomic E-state index is 12.8. The first-order valence-electron chi connectivity index (χ1n) is 8.60. The topological polar surface area (TPSA) is 67.2 Å². The number of aryl methyl sites for hydroxylation is 2. The molecule has 1 aliphatic carbocycles. The first-order valence-corrected chi connectivity index (χ1v) is 8.60. The van der Waals surface area contributed by atoms with Crippen LogP contribution in [0.3, 0.4) is 0 Å². The smallest absolute Gasteiger partial charge is 0.256 e. The molecule has 0 aliphatic heterocycles. The molecule has 1 aromatic heterocycles. The molecule has 6 heteroatoms. The van der Waals surface area contributed by atoms with Crippen LogP contribution < -0.4 is 5.32 Å². The van der Waals surface area contributed by atoms with Gasteiger partial charge in [0, 0.05) is 25.9 Å². The van der Waals surface area contributed by atoms with E-state index in [1.807, 2.05) is 24.3 Å². The van der Waals surface area contributed by atoms with E-state index in [0.29, 0.717) is 11.3 Å². The quantitative estimate of drug-likeness (QED) is 0.788. The third kappa shape index (κ3) is 2.83. The summed E-state index contributed by atoms with van der Waals surface area (Å²) in [6, 6.07) is 10.1. The number of amides is 2. The Balaban J connectivity index is 1.58. The molecule has 2 aromatic carbocycles. The Hall–Kier alpha value is -3.15. The fourth-order valence-corrected chi connectivity index (χ4v) is 3.44. The summed E-state index contributed by atoms with van der Waals surface area (Å²) in [4.78, 5) is 26.1. The number of likely N-dealkylation sites (N-methyl/N-ethyl adjacent to an activating group) is 1. The minimum absolute atomic E-state index is 0.0570. The summed E-state index contributed by atoms with van der Waals surface area (Å²) in [5.41, 5.74) is 3.85. The summed E-state index contributed by atoms with van der Waals surface area (Å²) in [5, 5.41) is 9.23. The van der Waals surface area contributed by atoms with Gasteiger partial charge in [-0.05, 0) is 40.8 Å². The summed E-state index contributed by atoms with van der Waals surface area (Å²) in [6.45, 7) is 0.143. The van der Waals surface area contributed by atoms with Crippen molar-refractivity contribution < 1.29 is 9.59 Å². The van der Waals surface area contributed by atoms with Crippen LogP contribution in [0.15, 0.2) is 42.7 Å². The van der Waals surface area contributed by atoms with E-state index in [1.165, 1.54) is 26.1 Å². The van der Waals surface area contributed by atoms with E-state index >= 15 is 0 Å². The molecule has 0 unspecified atom stereocenters. The maximum Gasteiger partial charge on any atom is 0.256 e. The number of hydrogen-bond acceptors (Lipinski definition) is 3. The number of carbonyl (C=O) groups excluding carboxylic acids is 2. The number of benzene rings is 2. The molecule has 0 radical (unpaired) electrons. The first-order chi connectivity index (χ1) is 12.5. The molecule has 26 heavy (non-hydrogen) atoms. The van der Waals surface area contributed by atoms with Crippen LogP contribution in [-0.4, -0.2) is 40.6 Å². The molecule has 0 spiro atoms. The van der Waals surface area contributed by atoms with Crippen LogP contribution in [0, 0.1) is 0 Å². The fourth-order valence-electron chi connectivity index (χ4n) is 3.44. The van der Waals surface area contributed by atoms with Crippen molar-refractivity contribution in [1.29, 1.82) is 0 Å². The fraction of sp³-hybridized carbons (Fsp3) is 0.250. The van der Waals surface area contributed by atoms with Crippen molar-refractivity contribution in [3.05, 3.63) is 59.4 Å². The number of carbonyl (C=O) groups is 2. The highest BCUT2D eigenvalue weighted by Crippen LogP contribution is 2.33. The third-order valence-electron chi connectivity index (χ3n) is 4.81. The molecule has 1 heterocycles. The van der Waals surface area contributed by atoms with Gasteiger partial charge in [-0.2, -0.15) is 5.10 Å². The van der Waals surface area contributed by atoms with Gasteiger partial charge in [-0.1, -0.05) is 24.3 Å². The van der Waals surface area contributed by atoms with E-state index in [-0.39, 0.29) is 18.4 Å². The molecule has 0 saturated heterocycles. The van der Waals surface area contributed by atoms with Crippen LogP contribution in [-0.2, 0) is 24.2 Å². The molecule has 0 saturated carbocycles. The minimum atomic E-state index is -0.168. The highest BCUT2D eigenvalue weighted by atomic mass is 16.2. The van der Waals surface area contributed by atoms with E-state index < -0.39 is 0 Å². The SMILES string of the molecule is CN(C)C(=O)Cn1cc(NC(=O)c2ccc3c4c(cccc24)CC3)cn1. The Morgan fingerprint density at radius 3 is 2.69 bits per heavy atom. The molecule has 1 N–H and O–H groups in total. The highest BCUT2D eigenvalue weighted by molar-refractivity contribution is 6.14. The molecule has 6 nitrogen and oxygen atoms in total. The van der Waals surface area contributed by atoms with Gasteiger partial charge in [0.05, 0.1) is 11.9 Å². The Kier molecular flexibility index (Phi) is 3.95. The maximum absolute atomic E-state index is 12.8. The second kappa shape index (κ2) is 6.29. The standard InChI is InChI=1S/C20H20N4O2/c1-23(2)18(25)12-24-11-15(10-21-24)22-20(26)17-9-8-14-7-6-13-4-3-5-16(17)19(13)14/h3-5,8-11H,6-7,12H2,1-2H3,(H,22,26). The van der Waals surface area contributed by atoms with E-state index in [9.17, 15) is 9.59 Å². The third-order valence-corrected chi connectivity index (χ3v) is 4.81. The molecular weight excluding hydrogens is 328 g/mol. The Bertz CT molecular complexity index is 1010. The molecule has 1 aliphatic rings. The predicted molar refractivity (Wildman–Crippen MR) is 100 cm³/mol. The number of aromatic nitrogens is 2. The highest BCUT2D eigenvalue weighted by Gasteiger charge is 2.19. The second-order valence-electron chi connectivity index (χ2n) is 6.78. The Morgan fingerprint density at radius 2 is 1.92 bits per heavy atom. The van der Waals surface area contributed by atoms with Crippen LogP contribution in [0.2, 0.25) is 0 Å². The van der Waals surface area contributed by atoms with Gasteiger partial charge in [0.2, 0.25) is 5.91 Å². The first kappa shape index (κ1) is 16.3. The predicted octanol–water partition coefficient (Wildman–Crippen LogP) is 2.48. The second-order valence-corrected chi connectivity index (χ2v) is 6.78. The van der Waals surface area contributed by atoms with Gasteiger partial charge in [0.25, 0.3) is 5.91 Å². The Labute approximate surface area is 151 Å². The zero-order valence-electron chi connectivity index (χ0n) is 14.8. The van der Waals surface area contributed by atoms with Gasteiger partial charge in [-0.3, -0.25) is 14.3 Å². The van der Waals surface area contributed by atoms with Gasteiger partial charge >= 0.3 is 0 Å². The van der Waals surface area contributed by atoms with Gasteiger partial charge < -0.3 is 10.2 Å². The zero-order valence-corrected chi connectivity index (χ0v) is 14.8. The van der Waals surface area contributed by atoms with Crippen LogP contribution in [0.25, 0.3) is 10.8 Å². The number of anilines is 1. The lowest BCUT2D eigenvalue weighted by atomic mass is 9.99. The Morgan fingerprint density at radius 1 is 1.15 bits per heavy atom. The largest absolute Gasteiger partial charge is 0.347 e. The van der Waals surface area contributed by atoms with E-state index in [0.717, 1.165) is 18.2 Å². The van der Waals surface area contributed by atoms with Crippen molar-refractivity contribution in [3.63, 3.8) is 0 Å². The molecule has 0 atom stereocenters. The molecule has 0 bridgehead atoms.